The lowest BCUT2D eigenvalue weighted by molar-refractivity contribution is -0.143. The summed E-state index contributed by atoms with van der Waals surface area (Å²) >= 11 is 0. The van der Waals surface area contributed by atoms with E-state index in [4.69, 9.17) is 33.8 Å². The zero-order chi connectivity index (χ0) is 65.1. The maximum atomic E-state index is 14.4. The van der Waals surface area contributed by atoms with Crippen molar-refractivity contribution >= 4 is 77.0 Å². The quantitative estimate of drug-likeness (QED) is 0.0168. The number of phenolic OH excluding ortho intramolecular Hbond substituents is 1. The van der Waals surface area contributed by atoms with Gasteiger partial charge in [0.15, 0.2) is 11.9 Å². The van der Waals surface area contributed by atoms with Crippen molar-refractivity contribution in [1.82, 2.24) is 63.0 Å². The number of rotatable bonds is 37. The zero-order valence-corrected chi connectivity index (χ0v) is 50.2. The molecule has 0 saturated carbocycles. The molecule has 0 unspecified atom stereocenters. The van der Waals surface area contributed by atoms with E-state index >= 15 is 0 Å². The first kappa shape index (κ1) is 72.9. The number of nitrogens with two attached hydrogens (primary N) is 4. The number of carbonyl (C=O) groups is 11. The number of phenols is 1. The Kier molecular flexibility index (Phi) is 30.6. The molecule has 11 atom stereocenters. The number of unbranched alkanes of at least 4 members (excludes halogenated alkanes) is 1. The number of hydrogen-bond donors (Lipinski definition) is 19. The van der Waals surface area contributed by atoms with Gasteiger partial charge in [0, 0.05) is 26.1 Å². The Morgan fingerprint density at radius 1 is 0.598 bits per heavy atom. The Morgan fingerprint density at radius 2 is 1.09 bits per heavy atom. The summed E-state index contributed by atoms with van der Waals surface area (Å²) in [6.07, 6.45) is 0.0821. The van der Waals surface area contributed by atoms with E-state index < -0.39 is 132 Å². The van der Waals surface area contributed by atoms with Gasteiger partial charge in [0.2, 0.25) is 59.1 Å². The second kappa shape index (κ2) is 36.6. The molecular formula is C55H92N18O14. The smallest absolute Gasteiger partial charge is 0.305 e. The third-order valence-electron chi connectivity index (χ3n) is 14.7. The Hall–Kier alpha value is -8.39. The molecule has 87 heavy (non-hydrogen) atoms. The minimum absolute atomic E-state index is 0.0643. The highest BCUT2D eigenvalue weighted by atomic mass is 16.4. The zero-order valence-electron chi connectivity index (χ0n) is 50.2. The minimum atomic E-state index is -1.97. The van der Waals surface area contributed by atoms with E-state index in [0.717, 1.165) is 13.3 Å². The molecule has 486 valence electrons. The molecule has 10 amide bonds. The van der Waals surface area contributed by atoms with Crippen LogP contribution in [-0.4, -0.2) is 208 Å². The number of guanidine groups is 2. The lowest BCUT2D eigenvalue weighted by Crippen LogP contribution is -2.62. The second-order valence-corrected chi connectivity index (χ2v) is 22.4. The van der Waals surface area contributed by atoms with Crippen LogP contribution in [0.5, 0.6) is 5.75 Å². The van der Waals surface area contributed by atoms with Crippen LogP contribution in [0.3, 0.4) is 0 Å². The van der Waals surface area contributed by atoms with E-state index in [9.17, 15) is 68.1 Å². The number of benzene rings is 1. The molecule has 2 aliphatic rings. The Morgan fingerprint density at radius 3 is 1.61 bits per heavy atom. The normalized spacial score (nSPS) is 17.9. The van der Waals surface area contributed by atoms with Crippen LogP contribution in [0.25, 0.3) is 0 Å². The number of aliphatic carboxylic acids is 1. The number of likely N-dealkylation sites (N-methyl/N-ethyl adjacent to an activating group) is 1. The fourth-order valence-corrected chi connectivity index (χ4v) is 9.95. The number of likely N-dealkylation sites (tertiary alicyclic amines) is 2. The van der Waals surface area contributed by atoms with Gasteiger partial charge < -0.3 is 96.3 Å². The van der Waals surface area contributed by atoms with Gasteiger partial charge in [-0.25, -0.2) is 0 Å². The predicted molar refractivity (Wildman–Crippen MR) is 317 cm³/mol. The highest BCUT2D eigenvalue weighted by Crippen LogP contribution is 2.22. The maximum Gasteiger partial charge on any atom is 0.305 e. The van der Waals surface area contributed by atoms with Crippen molar-refractivity contribution < 1.29 is 68.1 Å². The summed E-state index contributed by atoms with van der Waals surface area (Å²) in [5.41, 5.74) is 22.6. The summed E-state index contributed by atoms with van der Waals surface area (Å²) in [5, 5.41) is 71.1. The number of carboxylic acid groups (broad SMARTS) is 1. The number of primary amides is 1. The van der Waals surface area contributed by atoms with Gasteiger partial charge in [-0.15, -0.1) is 0 Å². The topological polar surface area (TPSA) is 527 Å². The molecule has 1 aromatic carbocycles. The van der Waals surface area contributed by atoms with Crippen molar-refractivity contribution in [3.8, 4) is 5.75 Å². The number of hydrogen-bond acceptors (Lipinski definition) is 17. The molecule has 1 aromatic rings. The van der Waals surface area contributed by atoms with Crippen molar-refractivity contribution in [2.45, 2.75) is 184 Å². The molecule has 0 radical (unpaired) electrons. The number of nitrogens with zero attached hydrogens (tertiary/aromatic N) is 2. The van der Waals surface area contributed by atoms with Crippen molar-refractivity contribution in [1.29, 1.82) is 10.8 Å². The number of carbonyl (C=O) groups excluding carboxylic acids is 10. The molecule has 2 aliphatic heterocycles. The molecule has 2 heterocycles. The summed E-state index contributed by atoms with van der Waals surface area (Å²) in [6, 6.07) is -7.76. The van der Waals surface area contributed by atoms with E-state index in [-0.39, 0.29) is 107 Å². The van der Waals surface area contributed by atoms with Crippen LogP contribution >= 0.6 is 0 Å². The fraction of sp³-hybridized carbons (Fsp3) is 0.655. The lowest BCUT2D eigenvalue weighted by atomic mass is 10.0. The molecule has 0 aliphatic carbocycles. The molecule has 0 bridgehead atoms. The molecule has 2 fully saturated rings. The average Bonchev–Trinajstić information content (AvgIpc) is 2.77. The van der Waals surface area contributed by atoms with E-state index in [1.807, 2.05) is 4.90 Å². The summed E-state index contributed by atoms with van der Waals surface area (Å²) in [4.78, 5) is 153. The third kappa shape index (κ3) is 25.2. The summed E-state index contributed by atoms with van der Waals surface area (Å²) in [6.45, 7) is 7.34. The van der Waals surface area contributed by atoms with Gasteiger partial charge in [-0.05, 0) is 135 Å². The van der Waals surface area contributed by atoms with Crippen molar-refractivity contribution in [2.75, 3.05) is 39.8 Å². The highest BCUT2D eigenvalue weighted by molar-refractivity contribution is 5.99. The molecular weight excluding hydrogens is 1140 g/mol. The van der Waals surface area contributed by atoms with Gasteiger partial charge in [-0.1, -0.05) is 26.0 Å². The predicted octanol–water partition coefficient (Wildman–Crippen LogP) is -5.04. The van der Waals surface area contributed by atoms with Gasteiger partial charge in [-0.3, -0.25) is 68.5 Å². The van der Waals surface area contributed by atoms with Crippen molar-refractivity contribution in [2.24, 2.45) is 28.9 Å². The first-order chi connectivity index (χ1) is 41.0. The molecule has 0 spiro atoms. The number of aliphatic hydroxyl groups excluding tert-OH is 1. The molecule has 0 aromatic heterocycles. The van der Waals surface area contributed by atoms with Crippen LogP contribution < -0.4 is 76.1 Å². The second-order valence-electron chi connectivity index (χ2n) is 22.4. The molecule has 2 saturated heterocycles. The van der Waals surface area contributed by atoms with Crippen LogP contribution in [0, 0.1) is 16.7 Å². The largest absolute Gasteiger partial charge is 0.508 e. The van der Waals surface area contributed by atoms with E-state index in [2.05, 4.69) is 53.2 Å². The standard InChI is InChI=1S/C55H92N18O14/c1-29(2)26-37(44(57)78)68-46(80)35(13-8-22-62-54(58)59)66-48(82)38(27-32-17-19-33(75)20-18-32)69-47(81)34(12-6-7-21-56)65-49(83)39(28-42(76)77)70-52(86)43(31(4)74)71-45(79)30(3)64-51(85)41-16-11-25-73(41)53(87)36(14-9-23-63-55(60)61)67-50(84)40-15-10-24-72(40)5/h17-20,29-31,34-41,43,74-75H,6-16,21-28,56H2,1-5H3,(H2,57,78)(H,64,85)(H,65,83)(H,66,82)(H,67,84)(H,68,80)(H,69,81)(H,70,86)(H,71,79)(H,76,77)(H4,58,59,62)(H4,60,61,63)/t30-,31+,34-,35-,36-,37-,38-,39-,40-,41-,43-/m0/s1. The summed E-state index contributed by atoms with van der Waals surface area (Å²) < 4.78 is 0. The average molecular weight is 1230 g/mol. The van der Waals surface area contributed by atoms with Gasteiger partial charge >= 0.3 is 5.97 Å². The number of aromatic hydroxyl groups is 1. The first-order valence-corrected chi connectivity index (χ1v) is 29.3. The highest BCUT2D eigenvalue weighted by Gasteiger charge is 2.41. The van der Waals surface area contributed by atoms with E-state index in [1.165, 1.54) is 36.1 Å². The van der Waals surface area contributed by atoms with Gasteiger partial charge in [0.25, 0.3) is 0 Å². The fourth-order valence-electron chi connectivity index (χ4n) is 9.95. The monoisotopic (exact) mass is 1230 g/mol. The van der Waals surface area contributed by atoms with Crippen LogP contribution in [-0.2, 0) is 59.2 Å². The maximum absolute atomic E-state index is 14.4. The van der Waals surface area contributed by atoms with Gasteiger partial charge in [-0.2, -0.15) is 0 Å². The Balaban J connectivity index is 1.84. The van der Waals surface area contributed by atoms with Gasteiger partial charge in [0.05, 0.1) is 18.6 Å². The van der Waals surface area contributed by atoms with Crippen LogP contribution in [0.15, 0.2) is 24.3 Å². The molecule has 3 rings (SSSR count). The number of nitrogens with one attached hydrogen (secondary N) is 12. The Labute approximate surface area is 505 Å². The van der Waals surface area contributed by atoms with Crippen LogP contribution in [0.2, 0.25) is 0 Å². The van der Waals surface area contributed by atoms with Crippen molar-refractivity contribution in [3.63, 3.8) is 0 Å². The molecule has 32 nitrogen and oxygen atoms in total. The van der Waals surface area contributed by atoms with Gasteiger partial charge in [0.1, 0.15) is 60.1 Å². The molecule has 23 N–H and O–H groups in total. The van der Waals surface area contributed by atoms with Crippen molar-refractivity contribution in [3.05, 3.63) is 29.8 Å². The summed E-state index contributed by atoms with van der Waals surface area (Å²) in [7, 11) is 1.80. The molecule has 32 heteroatoms. The summed E-state index contributed by atoms with van der Waals surface area (Å²) in [5.74, 6) is -11.0. The lowest BCUT2D eigenvalue weighted by Gasteiger charge is -2.31. The SMILES string of the molecule is CC(C)C[C@H](NC(=O)[C@H](CCCNC(=N)N)NC(=O)[C@H](Cc1ccc(O)cc1)NC(=O)[C@H](CCCCN)NC(=O)[C@H](CC(=O)O)NC(=O)[C@@H](NC(=O)[C@H](C)NC(=O)[C@@H]1CCCN1C(=O)[C@H](CCCNC(=N)N)NC(=O)[C@@H]1CCCN1C)[C@@H](C)O)C(N)=O. The van der Waals surface area contributed by atoms with Crippen LogP contribution in [0.1, 0.15) is 117 Å². The third-order valence-corrected chi connectivity index (χ3v) is 14.7. The number of amides is 10. The minimum Gasteiger partial charge on any atom is -0.508 e. The Bertz CT molecular complexity index is 2560. The first-order valence-electron chi connectivity index (χ1n) is 29.3. The van der Waals surface area contributed by atoms with Crippen LogP contribution in [0.4, 0.5) is 0 Å². The van der Waals surface area contributed by atoms with E-state index in [1.54, 1.807) is 20.9 Å². The number of aliphatic hydroxyl groups is 1. The number of carboxylic acids is 1. The van der Waals surface area contributed by atoms with E-state index in [0.29, 0.717) is 37.8 Å².